The summed E-state index contributed by atoms with van der Waals surface area (Å²) in [6.45, 7) is 1.97. The lowest BCUT2D eigenvalue weighted by atomic mass is 9.99. The molecule has 1 aliphatic rings. The molecular formula is C7H11NO3. The number of Topliss-reactive ketones (excluding diaryl/α,β-unsaturated/α-hetero) is 1. The lowest BCUT2D eigenvalue weighted by Gasteiger charge is -2.19. The summed E-state index contributed by atoms with van der Waals surface area (Å²) in [6, 6.07) is 0. The van der Waals surface area contributed by atoms with Gasteiger partial charge in [0.15, 0.2) is 0 Å². The summed E-state index contributed by atoms with van der Waals surface area (Å²) in [5.74, 6) is 0.0551. The molecule has 0 aromatic rings. The van der Waals surface area contributed by atoms with Crippen molar-refractivity contribution in [3.8, 4) is 0 Å². The van der Waals surface area contributed by atoms with Crippen LogP contribution in [0.25, 0.3) is 0 Å². The Morgan fingerprint density at radius 3 is 3.18 bits per heavy atom. The first kappa shape index (κ1) is 8.20. The number of piperidine rings is 1. The van der Waals surface area contributed by atoms with Gasteiger partial charge in [0.1, 0.15) is 12.4 Å². The minimum Gasteiger partial charge on any atom is -0.467 e. The van der Waals surface area contributed by atoms with E-state index in [9.17, 15) is 9.59 Å². The van der Waals surface area contributed by atoms with Gasteiger partial charge in [-0.1, -0.05) is 0 Å². The zero-order chi connectivity index (χ0) is 8.10. The molecular weight excluding hydrogens is 146 g/mol. The smallest absolute Gasteiger partial charge is 0.293 e. The third-order valence-electron chi connectivity index (χ3n) is 1.76. The third-order valence-corrected chi connectivity index (χ3v) is 1.76. The minimum atomic E-state index is -0.131. The molecule has 1 N–H and O–H groups in total. The molecule has 1 heterocycles. The SMILES string of the molecule is O=COCC1CNCCC1=O. The number of ether oxygens (including phenoxy) is 1. The maximum Gasteiger partial charge on any atom is 0.293 e. The van der Waals surface area contributed by atoms with Crippen LogP contribution >= 0.6 is 0 Å². The first-order valence-corrected chi connectivity index (χ1v) is 3.63. The van der Waals surface area contributed by atoms with Crippen LogP contribution < -0.4 is 5.32 Å². The van der Waals surface area contributed by atoms with E-state index in [-0.39, 0.29) is 18.3 Å². The lowest BCUT2D eigenvalue weighted by molar-refractivity contribution is -0.133. The number of nitrogens with one attached hydrogen (secondary N) is 1. The summed E-state index contributed by atoms with van der Waals surface area (Å²) in [4.78, 5) is 20.9. The van der Waals surface area contributed by atoms with E-state index >= 15 is 0 Å². The van der Waals surface area contributed by atoms with Gasteiger partial charge in [0, 0.05) is 19.5 Å². The van der Waals surface area contributed by atoms with Crippen LogP contribution in [0.2, 0.25) is 0 Å². The normalized spacial score (nSPS) is 24.7. The molecule has 0 radical (unpaired) electrons. The fourth-order valence-electron chi connectivity index (χ4n) is 1.11. The Balaban J connectivity index is 2.29. The predicted molar refractivity (Wildman–Crippen MR) is 38.0 cm³/mol. The Kier molecular flexibility index (Phi) is 3.04. The number of ketones is 1. The van der Waals surface area contributed by atoms with Crippen molar-refractivity contribution in [2.75, 3.05) is 19.7 Å². The van der Waals surface area contributed by atoms with Crippen LogP contribution in [0.3, 0.4) is 0 Å². The number of carbonyl (C=O) groups is 2. The highest BCUT2D eigenvalue weighted by Gasteiger charge is 2.21. The number of hydrogen-bond donors (Lipinski definition) is 1. The Labute approximate surface area is 64.9 Å². The molecule has 0 aromatic heterocycles. The molecule has 0 aliphatic carbocycles. The summed E-state index contributed by atoms with van der Waals surface area (Å²) < 4.78 is 4.50. The van der Waals surface area contributed by atoms with Gasteiger partial charge in [-0.2, -0.15) is 0 Å². The molecule has 11 heavy (non-hydrogen) atoms. The second-order valence-electron chi connectivity index (χ2n) is 2.55. The first-order chi connectivity index (χ1) is 5.34. The maximum absolute atomic E-state index is 11.1. The average molecular weight is 157 g/mol. The Bertz CT molecular complexity index is 158. The Morgan fingerprint density at radius 2 is 2.55 bits per heavy atom. The van der Waals surface area contributed by atoms with E-state index in [1.807, 2.05) is 0 Å². The van der Waals surface area contributed by atoms with Gasteiger partial charge in [-0.25, -0.2) is 0 Å². The van der Waals surface area contributed by atoms with Gasteiger partial charge >= 0.3 is 0 Å². The molecule has 0 amide bonds. The van der Waals surface area contributed by atoms with Gasteiger partial charge in [0.05, 0.1) is 5.92 Å². The summed E-state index contributed by atoms with van der Waals surface area (Å²) >= 11 is 0. The monoisotopic (exact) mass is 157 g/mol. The molecule has 1 aliphatic heterocycles. The summed E-state index contributed by atoms with van der Waals surface area (Å²) in [6.07, 6.45) is 0.548. The minimum absolute atomic E-state index is 0.131. The zero-order valence-corrected chi connectivity index (χ0v) is 6.21. The average Bonchev–Trinajstić information content (AvgIpc) is 2.03. The topological polar surface area (TPSA) is 55.4 Å². The maximum atomic E-state index is 11.1. The van der Waals surface area contributed by atoms with Gasteiger partial charge in [0.25, 0.3) is 6.47 Å². The molecule has 1 atom stereocenters. The summed E-state index contributed by atoms with van der Waals surface area (Å²) in [5.41, 5.74) is 0. The molecule has 0 bridgehead atoms. The van der Waals surface area contributed by atoms with Crippen molar-refractivity contribution in [2.45, 2.75) is 6.42 Å². The highest BCUT2D eigenvalue weighted by atomic mass is 16.5. The van der Waals surface area contributed by atoms with Crippen LogP contribution in [-0.2, 0) is 14.3 Å². The van der Waals surface area contributed by atoms with Gasteiger partial charge in [-0.3, -0.25) is 9.59 Å². The second kappa shape index (κ2) is 4.08. The van der Waals surface area contributed by atoms with Crippen molar-refractivity contribution in [1.29, 1.82) is 0 Å². The van der Waals surface area contributed by atoms with E-state index in [2.05, 4.69) is 10.1 Å². The van der Waals surface area contributed by atoms with Crippen molar-refractivity contribution in [3.63, 3.8) is 0 Å². The van der Waals surface area contributed by atoms with Crippen molar-refractivity contribution < 1.29 is 14.3 Å². The number of rotatable bonds is 3. The molecule has 1 unspecified atom stereocenters. The second-order valence-corrected chi connectivity index (χ2v) is 2.55. The van der Waals surface area contributed by atoms with E-state index in [0.717, 1.165) is 6.54 Å². The molecule has 1 saturated heterocycles. The predicted octanol–water partition coefficient (Wildman–Crippen LogP) is -0.662. The highest BCUT2D eigenvalue weighted by Crippen LogP contribution is 2.05. The van der Waals surface area contributed by atoms with Crippen molar-refractivity contribution in [1.82, 2.24) is 5.32 Å². The van der Waals surface area contributed by atoms with Crippen LogP contribution in [0.15, 0.2) is 0 Å². The summed E-state index contributed by atoms with van der Waals surface area (Å²) in [7, 11) is 0. The van der Waals surface area contributed by atoms with Crippen molar-refractivity contribution >= 4 is 12.3 Å². The lowest BCUT2D eigenvalue weighted by Crippen LogP contribution is -2.39. The molecule has 62 valence electrons. The molecule has 1 rings (SSSR count). The number of carbonyl (C=O) groups excluding carboxylic acids is 2. The molecule has 0 saturated carbocycles. The van der Waals surface area contributed by atoms with Gasteiger partial charge < -0.3 is 10.1 Å². The van der Waals surface area contributed by atoms with Crippen molar-refractivity contribution in [3.05, 3.63) is 0 Å². The van der Waals surface area contributed by atoms with Crippen LogP contribution in [-0.4, -0.2) is 32.0 Å². The fraction of sp³-hybridized carbons (Fsp3) is 0.714. The van der Waals surface area contributed by atoms with Crippen molar-refractivity contribution in [2.24, 2.45) is 5.92 Å². The van der Waals surface area contributed by atoms with Gasteiger partial charge in [0.2, 0.25) is 0 Å². The van der Waals surface area contributed by atoms with Crippen LogP contribution in [0.4, 0.5) is 0 Å². The number of hydrogen-bond acceptors (Lipinski definition) is 4. The largest absolute Gasteiger partial charge is 0.467 e. The van der Waals surface area contributed by atoms with Gasteiger partial charge in [-0.15, -0.1) is 0 Å². The van der Waals surface area contributed by atoms with E-state index in [1.165, 1.54) is 0 Å². The molecule has 0 aromatic carbocycles. The fourth-order valence-corrected chi connectivity index (χ4v) is 1.11. The quantitative estimate of drug-likeness (QED) is 0.552. The van der Waals surface area contributed by atoms with Crippen LogP contribution in [0, 0.1) is 5.92 Å². The van der Waals surface area contributed by atoms with Gasteiger partial charge in [-0.05, 0) is 0 Å². The first-order valence-electron chi connectivity index (χ1n) is 3.63. The van der Waals surface area contributed by atoms with E-state index < -0.39 is 0 Å². The van der Waals surface area contributed by atoms with E-state index in [1.54, 1.807) is 0 Å². The molecule has 1 fully saturated rings. The van der Waals surface area contributed by atoms with E-state index in [0.29, 0.717) is 19.4 Å². The standard InChI is InChI=1S/C7H11NO3/c9-5-11-4-6-3-8-2-1-7(6)10/h5-6,8H,1-4H2. The van der Waals surface area contributed by atoms with E-state index in [4.69, 9.17) is 0 Å². The highest BCUT2D eigenvalue weighted by molar-refractivity contribution is 5.82. The Hall–Kier alpha value is -0.900. The molecule has 0 spiro atoms. The molecule has 4 heteroatoms. The Morgan fingerprint density at radius 1 is 1.73 bits per heavy atom. The zero-order valence-electron chi connectivity index (χ0n) is 6.21. The van der Waals surface area contributed by atoms with Crippen LogP contribution in [0.1, 0.15) is 6.42 Å². The third kappa shape index (κ3) is 2.31. The summed E-state index contributed by atoms with van der Waals surface area (Å²) in [5, 5.41) is 3.06. The van der Waals surface area contributed by atoms with Crippen LogP contribution in [0.5, 0.6) is 0 Å². The molecule has 4 nitrogen and oxygen atoms in total.